The van der Waals surface area contributed by atoms with Crippen molar-refractivity contribution in [1.82, 2.24) is 4.98 Å². The van der Waals surface area contributed by atoms with E-state index in [1.807, 2.05) is 0 Å². The van der Waals surface area contributed by atoms with Gasteiger partial charge in [-0.15, -0.1) is 0 Å². The summed E-state index contributed by atoms with van der Waals surface area (Å²) < 4.78 is 32.0. The topological polar surface area (TPSA) is 51.2 Å². The van der Waals surface area contributed by atoms with Crippen LogP contribution in [-0.2, 0) is 0 Å². The molecule has 0 saturated heterocycles. The third kappa shape index (κ3) is 3.09. The molecule has 1 aromatic heterocycles. The van der Waals surface area contributed by atoms with Gasteiger partial charge in [0.05, 0.1) is 18.4 Å². The number of halogens is 2. The van der Waals surface area contributed by atoms with Crippen molar-refractivity contribution in [2.45, 2.75) is 6.92 Å². The molecule has 2 aromatic rings. The van der Waals surface area contributed by atoms with Crippen LogP contribution in [0.3, 0.4) is 0 Å². The van der Waals surface area contributed by atoms with Gasteiger partial charge in [0.15, 0.2) is 17.4 Å². The van der Waals surface area contributed by atoms with Gasteiger partial charge in [0.1, 0.15) is 0 Å². The number of nitrogens with one attached hydrogen (secondary N) is 1. The number of benzene rings is 1. The van der Waals surface area contributed by atoms with E-state index in [4.69, 9.17) is 4.74 Å². The smallest absolute Gasteiger partial charge is 0.258 e. The summed E-state index contributed by atoms with van der Waals surface area (Å²) in [6.45, 7) is 2.08. The fourth-order valence-electron chi connectivity index (χ4n) is 1.61. The molecule has 0 bridgehead atoms. The Morgan fingerprint density at radius 2 is 2.10 bits per heavy atom. The fraction of sp³-hybridized carbons (Fsp3) is 0.143. The Hall–Kier alpha value is -2.50. The van der Waals surface area contributed by atoms with E-state index >= 15 is 0 Å². The largest absolute Gasteiger partial charge is 0.491 e. The van der Waals surface area contributed by atoms with E-state index in [0.29, 0.717) is 6.61 Å². The second kappa shape index (κ2) is 6.10. The molecule has 0 unspecified atom stereocenters. The van der Waals surface area contributed by atoms with Gasteiger partial charge in [-0.2, -0.15) is 0 Å². The van der Waals surface area contributed by atoms with E-state index in [1.54, 1.807) is 6.92 Å². The highest BCUT2D eigenvalue weighted by Gasteiger charge is 2.12. The normalized spacial score (nSPS) is 10.2. The Balaban J connectivity index is 2.16. The lowest BCUT2D eigenvalue weighted by Gasteiger charge is -2.08. The number of amides is 1. The van der Waals surface area contributed by atoms with E-state index < -0.39 is 17.5 Å². The van der Waals surface area contributed by atoms with Crippen molar-refractivity contribution >= 4 is 11.6 Å². The zero-order valence-electron chi connectivity index (χ0n) is 10.7. The summed E-state index contributed by atoms with van der Waals surface area (Å²) in [5.41, 5.74) is 0.0569. The summed E-state index contributed by atoms with van der Waals surface area (Å²) in [5, 5.41) is 2.41. The van der Waals surface area contributed by atoms with Gasteiger partial charge in [-0.05, 0) is 25.1 Å². The number of hydrogen-bond acceptors (Lipinski definition) is 3. The molecule has 1 heterocycles. The first-order chi connectivity index (χ1) is 9.61. The minimum absolute atomic E-state index is 0.0978. The molecular formula is C14H12F2N2O2. The fourth-order valence-corrected chi connectivity index (χ4v) is 1.61. The van der Waals surface area contributed by atoms with Gasteiger partial charge >= 0.3 is 0 Å². The van der Waals surface area contributed by atoms with Crippen molar-refractivity contribution in [1.29, 1.82) is 0 Å². The highest BCUT2D eigenvalue weighted by atomic mass is 19.1. The molecule has 0 saturated carbocycles. The number of carbonyl (C=O) groups is 1. The highest BCUT2D eigenvalue weighted by molar-refractivity contribution is 6.04. The van der Waals surface area contributed by atoms with Crippen LogP contribution in [-0.4, -0.2) is 17.5 Å². The summed E-state index contributed by atoms with van der Waals surface area (Å²) in [6.07, 6.45) is 2.24. The maximum atomic E-state index is 13.6. The van der Waals surface area contributed by atoms with Crippen molar-refractivity contribution in [2.24, 2.45) is 0 Å². The van der Waals surface area contributed by atoms with Crippen LogP contribution in [0, 0.1) is 11.6 Å². The molecule has 20 heavy (non-hydrogen) atoms. The number of pyridine rings is 1. The lowest BCUT2D eigenvalue weighted by atomic mass is 10.2. The van der Waals surface area contributed by atoms with Gasteiger partial charge in [0, 0.05) is 18.0 Å². The lowest BCUT2D eigenvalue weighted by Crippen LogP contribution is -2.14. The van der Waals surface area contributed by atoms with Crippen molar-refractivity contribution in [2.75, 3.05) is 11.9 Å². The molecule has 1 amide bonds. The average Bonchev–Trinajstić information content (AvgIpc) is 2.42. The van der Waals surface area contributed by atoms with Crippen molar-refractivity contribution in [3.63, 3.8) is 0 Å². The highest BCUT2D eigenvalue weighted by Crippen LogP contribution is 2.21. The molecule has 0 atom stereocenters. The number of ether oxygens (including phenoxy) is 1. The third-order valence-electron chi connectivity index (χ3n) is 2.51. The zero-order valence-corrected chi connectivity index (χ0v) is 10.7. The number of rotatable bonds is 4. The van der Waals surface area contributed by atoms with Crippen molar-refractivity contribution < 1.29 is 18.3 Å². The molecule has 0 radical (unpaired) electrons. The molecule has 104 valence electrons. The maximum Gasteiger partial charge on any atom is 0.258 e. The van der Waals surface area contributed by atoms with Crippen molar-refractivity contribution in [3.8, 4) is 5.75 Å². The number of hydrogen-bond donors (Lipinski definition) is 1. The summed E-state index contributed by atoms with van der Waals surface area (Å²) in [7, 11) is 0. The second-order valence-corrected chi connectivity index (χ2v) is 3.89. The second-order valence-electron chi connectivity index (χ2n) is 3.89. The van der Waals surface area contributed by atoms with Crippen LogP contribution in [0.1, 0.15) is 17.3 Å². The molecule has 0 spiro atoms. The Morgan fingerprint density at radius 1 is 1.30 bits per heavy atom. The molecule has 6 heteroatoms. The first-order valence-corrected chi connectivity index (χ1v) is 5.95. The molecular weight excluding hydrogens is 266 g/mol. The minimum Gasteiger partial charge on any atom is -0.491 e. The predicted octanol–water partition coefficient (Wildman–Crippen LogP) is 3.01. The van der Waals surface area contributed by atoms with Crippen LogP contribution in [0.5, 0.6) is 5.75 Å². The number of nitrogens with zero attached hydrogens (tertiary/aromatic N) is 1. The van der Waals surface area contributed by atoms with Crippen LogP contribution in [0.25, 0.3) is 0 Å². The third-order valence-corrected chi connectivity index (χ3v) is 2.51. The van der Waals surface area contributed by atoms with Gasteiger partial charge in [0.2, 0.25) is 0 Å². The van der Waals surface area contributed by atoms with Gasteiger partial charge in [-0.1, -0.05) is 0 Å². The van der Waals surface area contributed by atoms with Crippen LogP contribution < -0.4 is 10.1 Å². The van der Waals surface area contributed by atoms with E-state index in [-0.39, 0.29) is 17.0 Å². The van der Waals surface area contributed by atoms with Crippen LogP contribution >= 0.6 is 0 Å². The monoisotopic (exact) mass is 278 g/mol. The number of anilines is 1. The molecule has 0 aliphatic heterocycles. The summed E-state index contributed by atoms with van der Waals surface area (Å²) in [6, 6.07) is 5.24. The minimum atomic E-state index is -0.739. The quantitative estimate of drug-likeness (QED) is 0.935. The van der Waals surface area contributed by atoms with Crippen molar-refractivity contribution in [3.05, 3.63) is 53.9 Å². The number of aromatic nitrogens is 1. The Morgan fingerprint density at radius 3 is 2.75 bits per heavy atom. The summed E-state index contributed by atoms with van der Waals surface area (Å²) in [4.78, 5) is 15.4. The van der Waals surface area contributed by atoms with E-state index in [2.05, 4.69) is 10.3 Å². The lowest BCUT2D eigenvalue weighted by molar-refractivity contribution is 0.102. The Bertz CT molecular complexity index is 632. The zero-order chi connectivity index (χ0) is 14.5. The molecule has 0 aliphatic rings. The predicted molar refractivity (Wildman–Crippen MR) is 69.7 cm³/mol. The molecule has 2 rings (SSSR count). The van der Waals surface area contributed by atoms with E-state index in [0.717, 1.165) is 12.3 Å². The first-order valence-electron chi connectivity index (χ1n) is 5.95. The standard InChI is InChI=1S/C14H12F2N2O2/c1-2-20-13-4-3-9(7-11(13)15)18-14(19)10-5-6-17-8-12(10)16/h3-8H,2H2,1H3,(H,18,19). The van der Waals surface area contributed by atoms with E-state index in [1.165, 1.54) is 24.4 Å². The van der Waals surface area contributed by atoms with Gasteiger partial charge in [-0.25, -0.2) is 8.78 Å². The molecule has 1 aromatic carbocycles. The van der Waals surface area contributed by atoms with Crippen LogP contribution in [0.15, 0.2) is 36.7 Å². The van der Waals surface area contributed by atoms with Gasteiger partial charge in [0.25, 0.3) is 5.91 Å². The molecule has 4 nitrogen and oxygen atoms in total. The van der Waals surface area contributed by atoms with Gasteiger partial charge in [-0.3, -0.25) is 9.78 Å². The maximum absolute atomic E-state index is 13.6. The molecule has 0 fully saturated rings. The molecule has 0 aliphatic carbocycles. The SMILES string of the molecule is CCOc1ccc(NC(=O)c2ccncc2F)cc1F. The van der Waals surface area contributed by atoms with Crippen LogP contribution in [0.4, 0.5) is 14.5 Å². The van der Waals surface area contributed by atoms with Crippen LogP contribution in [0.2, 0.25) is 0 Å². The Kier molecular flexibility index (Phi) is 4.24. The Labute approximate surface area is 114 Å². The van der Waals surface area contributed by atoms with Gasteiger partial charge < -0.3 is 10.1 Å². The van der Waals surface area contributed by atoms with E-state index in [9.17, 15) is 13.6 Å². The number of carbonyl (C=O) groups excluding carboxylic acids is 1. The summed E-state index contributed by atoms with van der Waals surface area (Å²) >= 11 is 0. The summed E-state index contributed by atoms with van der Waals surface area (Å²) in [5.74, 6) is -1.91. The molecule has 1 N–H and O–H groups in total. The average molecular weight is 278 g/mol. The first kappa shape index (κ1) is 13.9.